The zero-order chi connectivity index (χ0) is 19.3. The van der Waals surface area contributed by atoms with Crippen molar-refractivity contribution in [3.05, 3.63) is 24.3 Å². The topological polar surface area (TPSA) is 80.5 Å². The van der Waals surface area contributed by atoms with Crippen LogP contribution in [0.25, 0.3) is 11.5 Å². The average molecular weight is 403 g/mol. The lowest BCUT2D eigenvalue weighted by Crippen LogP contribution is -2.45. The number of aromatic nitrogens is 2. The normalized spacial score (nSPS) is 18.2. The second-order valence-electron chi connectivity index (χ2n) is 7.20. The smallest absolute Gasteiger partial charge is 0.277 e. The van der Waals surface area contributed by atoms with Crippen molar-refractivity contribution in [2.24, 2.45) is 0 Å². The van der Waals surface area contributed by atoms with E-state index in [0.29, 0.717) is 23.5 Å². The van der Waals surface area contributed by atoms with Crippen molar-refractivity contribution in [2.75, 3.05) is 25.4 Å². The van der Waals surface area contributed by atoms with Gasteiger partial charge in [-0.15, -0.1) is 10.2 Å². The van der Waals surface area contributed by atoms with E-state index in [2.05, 4.69) is 20.4 Å². The van der Waals surface area contributed by atoms with Gasteiger partial charge >= 0.3 is 0 Å². The molecule has 1 saturated carbocycles. The highest BCUT2D eigenvalue weighted by Gasteiger charge is 2.32. The van der Waals surface area contributed by atoms with Crippen molar-refractivity contribution < 1.29 is 13.9 Å². The number of carbonyl (C=O) groups is 1. The lowest BCUT2D eigenvalue weighted by molar-refractivity contribution is -0.119. The number of para-hydroxylation sites is 1. The van der Waals surface area contributed by atoms with Crippen LogP contribution in [0.3, 0.4) is 0 Å². The third-order valence-electron chi connectivity index (χ3n) is 5.11. The minimum atomic E-state index is 0.0179. The van der Waals surface area contributed by atoms with E-state index in [1.807, 2.05) is 31.2 Å². The van der Waals surface area contributed by atoms with Gasteiger partial charge in [0.25, 0.3) is 11.1 Å². The molecule has 0 spiro atoms. The summed E-state index contributed by atoms with van der Waals surface area (Å²) >= 11 is 1.26. The van der Waals surface area contributed by atoms with E-state index < -0.39 is 0 Å². The molecule has 2 aliphatic rings. The van der Waals surface area contributed by atoms with Crippen LogP contribution >= 0.6 is 11.8 Å². The van der Waals surface area contributed by atoms with Gasteiger partial charge in [0.1, 0.15) is 5.75 Å². The third-order valence-corrected chi connectivity index (χ3v) is 5.93. The van der Waals surface area contributed by atoms with E-state index >= 15 is 0 Å². The Morgan fingerprint density at radius 2 is 2.04 bits per heavy atom. The predicted molar refractivity (Wildman–Crippen MR) is 107 cm³/mol. The summed E-state index contributed by atoms with van der Waals surface area (Å²) in [6, 6.07) is 8.65. The van der Waals surface area contributed by atoms with Crippen molar-refractivity contribution in [1.82, 2.24) is 20.4 Å². The van der Waals surface area contributed by atoms with E-state index in [0.717, 1.165) is 37.5 Å². The Kier molecular flexibility index (Phi) is 6.17. The van der Waals surface area contributed by atoms with Crippen LogP contribution in [-0.4, -0.2) is 58.5 Å². The summed E-state index contributed by atoms with van der Waals surface area (Å²) in [6.07, 6.45) is 4.75. The molecule has 1 amide bonds. The molecule has 150 valence electrons. The molecule has 2 aromatic rings. The first-order valence-electron chi connectivity index (χ1n) is 9.95. The molecule has 8 heteroatoms. The molecular weight excluding hydrogens is 376 g/mol. The van der Waals surface area contributed by atoms with Gasteiger partial charge in [0.05, 0.1) is 17.9 Å². The molecule has 1 aliphatic carbocycles. The number of ether oxygens (including phenoxy) is 1. The van der Waals surface area contributed by atoms with E-state index in [1.165, 1.54) is 24.6 Å². The number of piperidine rings is 1. The van der Waals surface area contributed by atoms with Gasteiger partial charge in [-0.25, -0.2) is 0 Å². The molecule has 7 nitrogen and oxygen atoms in total. The fourth-order valence-corrected chi connectivity index (χ4v) is 4.12. The molecular formula is C20H26N4O3S. The van der Waals surface area contributed by atoms with Gasteiger partial charge in [-0.05, 0) is 44.7 Å². The first kappa shape index (κ1) is 19.3. The van der Waals surface area contributed by atoms with Crippen LogP contribution in [0.4, 0.5) is 0 Å². The SMILES string of the molecule is CCOc1ccccc1-c1nnc(SCC(=O)NC2CCN(C3CC3)CC2)o1. The molecule has 2 fully saturated rings. The monoisotopic (exact) mass is 402 g/mol. The molecule has 2 heterocycles. The summed E-state index contributed by atoms with van der Waals surface area (Å²) in [5, 5.41) is 11.7. The molecule has 1 aliphatic heterocycles. The largest absolute Gasteiger partial charge is 0.493 e. The zero-order valence-corrected chi connectivity index (χ0v) is 16.9. The zero-order valence-electron chi connectivity index (χ0n) is 16.1. The maximum absolute atomic E-state index is 12.3. The number of rotatable bonds is 8. The van der Waals surface area contributed by atoms with Gasteiger partial charge in [0.15, 0.2) is 0 Å². The van der Waals surface area contributed by atoms with Crippen LogP contribution in [0, 0.1) is 0 Å². The number of nitrogens with one attached hydrogen (secondary N) is 1. The van der Waals surface area contributed by atoms with Crippen LogP contribution in [-0.2, 0) is 4.79 Å². The summed E-state index contributed by atoms with van der Waals surface area (Å²) in [6.45, 7) is 4.68. The first-order chi connectivity index (χ1) is 13.7. The highest BCUT2D eigenvalue weighted by atomic mass is 32.2. The molecule has 28 heavy (non-hydrogen) atoms. The molecule has 4 rings (SSSR count). The summed E-state index contributed by atoms with van der Waals surface area (Å²) in [5.74, 6) is 1.40. The second kappa shape index (κ2) is 8.96. The van der Waals surface area contributed by atoms with Crippen molar-refractivity contribution in [3.63, 3.8) is 0 Å². The molecule has 0 radical (unpaired) electrons. The van der Waals surface area contributed by atoms with Crippen molar-refractivity contribution >= 4 is 17.7 Å². The molecule has 1 N–H and O–H groups in total. The summed E-state index contributed by atoms with van der Waals surface area (Å²) in [4.78, 5) is 14.8. The van der Waals surface area contributed by atoms with Gasteiger partial charge in [-0.2, -0.15) is 0 Å². The van der Waals surface area contributed by atoms with Crippen LogP contribution < -0.4 is 10.1 Å². The molecule has 1 aromatic carbocycles. The fourth-order valence-electron chi connectivity index (χ4n) is 3.55. The molecule has 0 unspecified atom stereocenters. The van der Waals surface area contributed by atoms with E-state index in [4.69, 9.17) is 9.15 Å². The average Bonchev–Trinajstić information content (AvgIpc) is 3.46. The Bertz CT molecular complexity index is 800. The number of hydrogen-bond acceptors (Lipinski definition) is 7. The highest BCUT2D eigenvalue weighted by molar-refractivity contribution is 7.99. The Labute approximate surface area is 169 Å². The summed E-state index contributed by atoms with van der Waals surface area (Å²) in [7, 11) is 0. The third kappa shape index (κ3) is 4.86. The van der Waals surface area contributed by atoms with E-state index in [9.17, 15) is 4.79 Å². The van der Waals surface area contributed by atoms with Crippen molar-refractivity contribution in [3.8, 4) is 17.2 Å². The number of thioether (sulfide) groups is 1. The van der Waals surface area contributed by atoms with E-state index in [-0.39, 0.29) is 17.7 Å². The fraction of sp³-hybridized carbons (Fsp3) is 0.550. The quantitative estimate of drug-likeness (QED) is 0.680. The molecule has 0 atom stereocenters. The molecule has 1 aromatic heterocycles. The van der Waals surface area contributed by atoms with Gasteiger partial charge in [-0.1, -0.05) is 23.9 Å². The van der Waals surface area contributed by atoms with Crippen LogP contribution in [0.5, 0.6) is 5.75 Å². The Morgan fingerprint density at radius 3 is 2.79 bits per heavy atom. The lowest BCUT2D eigenvalue weighted by atomic mass is 10.1. The van der Waals surface area contributed by atoms with Crippen molar-refractivity contribution in [1.29, 1.82) is 0 Å². The Balaban J connectivity index is 1.26. The van der Waals surface area contributed by atoms with Crippen molar-refractivity contribution in [2.45, 2.75) is 49.9 Å². The van der Waals surface area contributed by atoms with Gasteiger partial charge in [0.2, 0.25) is 5.91 Å². The van der Waals surface area contributed by atoms with Gasteiger partial charge in [-0.3, -0.25) is 4.79 Å². The van der Waals surface area contributed by atoms with Crippen LogP contribution in [0.2, 0.25) is 0 Å². The maximum atomic E-state index is 12.3. The van der Waals surface area contributed by atoms with E-state index in [1.54, 1.807) is 0 Å². The Hall–Kier alpha value is -2.06. The van der Waals surface area contributed by atoms with Gasteiger partial charge < -0.3 is 19.4 Å². The number of hydrogen-bond donors (Lipinski definition) is 1. The first-order valence-corrected chi connectivity index (χ1v) is 10.9. The van der Waals surface area contributed by atoms with Gasteiger partial charge in [0, 0.05) is 25.2 Å². The predicted octanol–water partition coefficient (Wildman–Crippen LogP) is 2.97. The second-order valence-corrected chi connectivity index (χ2v) is 8.13. The minimum Gasteiger partial charge on any atom is -0.493 e. The lowest BCUT2D eigenvalue weighted by Gasteiger charge is -2.32. The number of likely N-dealkylation sites (tertiary alicyclic amines) is 1. The minimum absolute atomic E-state index is 0.0179. The highest BCUT2D eigenvalue weighted by Crippen LogP contribution is 2.31. The summed E-state index contributed by atoms with van der Waals surface area (Å²) < 4.78 is 11.3. The standard InChI is InChI=1S/C20H26N4O3S/c1-2-26-17-6-4-3-5-16(17)19-22-23-20(27-19)28-13-18(25)21-14-9-11-24(12-10-14)15-7-8-15/h3-6,14-15H,2,7-13H2,1H3,(H,21,25). The number of carbonyl (C=O) groups excluding carboxylic acids is 1. The van der Waals surface area contributed by atoms with Crippen LogP contribution in [0.1, 0.15) is 32.6 Å². The molecule has 1 saturated heterocycles. The van der Waals surface area contributed by atoms with Crippen LogP contribution in [0.15, 0.2) is 33.9 Å². The Morgan fingerprint density at radius 1 is 1.25 bits per heavy atom. The molecule has 0 bridgehead atoms. The number of benzene rings is 1. The summed E-state index contributed by atoms with van der Waals surface area (Å²) in [5.41, 5.74) is 0.760. The number of nitrogens with zero attached hydrogens (tertiary/aromatic N) is 3. The number of amides is 1. The maximum Gasteiger partial charge on any atom is 0.277 e.